The van der Waals surface area contributed by atoms with Crippen LogP contribution in [0.15, 0.2) is 29.2 Å². The summed E-state index contributed by atoms with van der Waals surface area (Å²) >= 11 is 0. The van der Waals surface area contributed by atoms with Gasteiger partial charge in [-0.05, 0) is 44.9 Å². The van der Waals surface area contributed by atoms with Gasteiger partial charge in [0.15, 0.2) is 0 Å². The molecule has 3 N–H and O–H groups in total. The highest BCUT2D eigenvalue weighted by Gasteiger charge is 2.35. The Morgan fingerprint density at radius 3 is 2.70 bits per heavy atom. The molecule has 3 atom stereocenters. The van der Waals surface area contributed by atoms with E-state index in [0.29, 0.717) is 13.1 Å². The normalized spacial score (nSPS) is 23.0. The molecule has 6 nitrogen and oxygen atoms in total. The Morgan fingerprint density at radius 2 is 2.13 bits per heavy atom. The van der Waals surface area contributed by atoms with Gasteiger partial charge in [-0.1, -0.05) is 12.1 Å². The largest absolute Gasteiger partial charge is 0.338 e. The maximum absolute atomic E-state index is 13.7. The molecule has 0 aromatic heterocycles. The lowest BCUT2D eigenvalue weighted by atomic mass is 10.1. The number of carbonyl (C=O) groups is 1. The zero-order valence-corrected chi connectivity index (χ0v) is 14.0. The van der Waals surface area contributed by atoms with Gasteiger partial charge in [0, 0.05) is 12.6 Å². The van der Waals surface area contributed by atoms with Crippen LogP contribution in [0.25, 0.3) is 0 Å². The second-order valence-electron chi connectivity index (χ2n) is 5.95. The minimum atomic E-state index is -4.10. The molecule has 0 radical (unpaired) electrons. The minimum Gasteiger partial charge on any atom is -0.338 e. The van der Waals surface area contributed by atoms with Crippen molar-refractivity contribution in [2.75, 3.05) is 13.1 Å². The van der Waals surface area contributed by atoms with E-state index < -0.39 is 26.8 Å². The molecule has 1 amide bonds. The number of nitrogens with zero attached hydrogens (tertiary/aromatic N) is 1. The van der Waals surface area contributed by atoms with Gasteiger partial charge < -0.3 is 10.6 Å². The Kier molecular flexibility index (Phi) is 5.38. The second-order valence-corrected chi connectivity index (χ2v) is 7.63. The third-order valence-electron chi connectivity index (χ3n) is 4.11. The maximum atomic E-state index is 13.7. The molecule has 0 bridgehead atoms. The molecule has 23 heavy (non-hydrogen) atoms. The molecule has 1 heterocycles. The minimum absolute atomic E-state index is 0.0106. The van der Waals surface area contributed by atoms with E-state index in [9.17, 15) is 17.6 Å². The second kappa shape index (κ2) is 6.94. The summed E-state index contributed by atoms with van der Waals surface area (Å²) in [5, 5.41) is 0. The van der Waals surface area contributed by atoms with Gasteiger partial charge >= 0.3 is 0 Å². The summed E-state index contributed by atoms with van der Waals surface area (Å²) < 4.78 is 40.4. The molecule has 0 aliphatic carbocycles. The lowest BCUT2D eigenvalue weighted by Gasteiger charge is -2.25. The van der Waals surface area contributed by atoms with E-state index in [1.807, 2.05) is 6.92 Å². The van der Waals surface area contributed by atoms with Crippen LogP contribution in [0.4, 0.5) is 4.39 Å². The van der Waals surface area contributed by atoms with Crippen LogP contribution in [-0.2, 0) is 14.8 Å². The van der Waals surface area contributed by atoms with E-state index in [-0.39, 0.29) is 17.9 Å². The van der Waals surface area contributed by atoms with Crippen molar-refractivity contribution >= 4 is 15.9 Å². The molecular weight excluding hydrogens is 321 g/mol. The Labute approximate surface area is 135 Å². The molecule has 1 aliphatic rings. The monoisotopic (exact) mass is 343 g/mol. The standard InChI is InChI=1S/C15H22FN3O3S/c1-10-7-12(8-17)9-19(10)15(20)11(2)18-23(21,22)14-6-4-3-5-13(14)16/h3-6,10-12,18H,7-9,17H2,1-2H3. The predicted molar refractivity (Wildman–Crippen MR) is 84.5 cm³/mol. The smallest absolute Gasteiger partial charge is 0.244 e. The molecule has 0 spiro atoms. The van der Waals surface area contributed by atoms with Crippen LogP contribution in [0, 0.1) is 11.7 Å². The first-order valence-corrected chi connectivity index (χ1v) is 9.02. The molecule has 3 unspecified atom stereocenters. The van der Waals surface area contributed by atoms with Crippen molar-refractivity contribution in [3.05, 3.63) is 30.1 Å². The number of nitrogens with two attached hydrogens (primary N) is 1. The molecule has 1 fully saturated rings. The highest BCUT2D eigenvalue weighted by Crippen LogP contribution is 2.23. The summed E-state index contributed by atoms with van der Waals surface area (Å²) in [6.45, 7) is 4.38. The average molecular weight is 343 g/mol. The third kappa shape index (κ3) is 3.88. The summed E-state index contributed by atoms with van der Waals surface area (Å²) in [6, 6.07) is 4.10. The lowest BCUT2D eigenvalue weighted by molar-refractivity contribution is -0.133. The topological polar surface area (TPSA) is 92.5 Å². The molecule has 2 rings (SSSR count). The summed E-state index contributed by atoms with van der Waals surface area (Å²) in [6.07, 6.45) is 0.801. The third-order valence-corrected chi connectivity index (χ3v) is 5.68. The first kappa shape index (κ1) is 17.8. The van der Waals surface area contributed by atoms with Gasteiger partial charge in [-0.15, -0.1) is 0 Å². The van der Waals surface area contributed by atoms with Gasteiger partial charge in [0.1, 0.15) is 10.7 Å². The van der Waals surface area contributed by atoms with Crippen LogP contribution in [0.5, 0.6) is 0 Å². The number of sulfonamides is 1. The number of halogens is 1. The van der Waals surface area contributed by atoms with Gasteiger partial charge in [0.2, 0.25) is 15.9 Å². The van der Waals surface area contributed by atoms with Crippen molar-refractivity contribution in [1.29, 1.82) is 0 Å². The number of nitrogens with one attached hydrogen (secondary N) is 1. The van der Waals surface area contributed by atoms with Crippen LogP contribution in [0.3, 0.4) is 0 Å². The Bertz CT molecular complexity index is 680. The van der Waals surface area contributed by atoms with Crippen LogP contribution in [0.2, 0.25) is 0 Å². The Hall–Kier alpha value is -1.51. The lowest BCUT2D eigenvalue weighted by Crippen LogP contribution is -2.48. The van der Waals surface area contributed by atoms with Crippen molar-refractivity contribution < 1.29 is 17.6 Å². The molecule has 8 heteroatoms. The predicted octanol–water partition coefficient (Wildman–Crippen LogP) is 0.688. The van der Waals surface area contributed by atoms with Crippen molar-refractivity contribution in [2.24, 2.45) is 11.7 Å². The van der Waals surface area contributed by atoms with Crippen molar-refractivity contribution in [3.8, 4) is 0 Å². The fourth-order valence-corrected chi connectivity index (χ4v) is 4.15. The van der Waals surface area contributed by atoms with Crippen molar-refractivity contribution in [1.82, 2.24) is 9.62 Å². The van der Waals surface area contributed by atoms with Gasteiger partial charge in [-0.25, -0.2) is 12.8 Å². The number of benzene rings is 1. The number of amides is 1. The Morgan fingerprint density at radius 1 is 1.48 bits per heavy atom. The van der Waals surface area contributed by atoms with Gasteiger partial charge in [-0.2, -0.15) is 4.72 Å². The van der Waals surface area contributed by atoms with Crippen LogP contribution in [0.1, 0.15) is 20.3 Å². The molecule has 0 saturated carbocycles. The number of hydrogen-bond acceptors (Lipinski definition) is 4. The summed E-state index contributed by atoms with van der Waals surface area (Å²) in [5.74, 6) is -0.949. The molecule has 1 aromatic carbocycles. The summed E-state index contributed by atoms with van der Waals surface area (Å²) in [7, 11) is -4.10. The number of rotatable bonds is 5. The molecule has 1 aromatic rings. The van der Waals surface area contributed by atoms with E-state index in [0.717, 1.165) is 18.6 Å². The van der Waals surface area contributed by atoms with Crippen LogP contribution >= 0.6 is 0 Å². The molecular formula is C15H22FN3O3S. The fourth-order valence-electron chi connectivity index (χ4n) is 2.88. The number of hydrogen-bond donors (Lipinski definition) is 2. The van der Waals surface area contributed by atoms with E-state index in [1.165, 1.54) is 19.1 Å². The quantitative estimate of drug-likeness (QED) is 0.823. The molecule has 1 saturated heterocycles. The average Bonchev–Trinajstić information content (AvgIpc) is 2.87. The zero-order valence-electron chi connectivity index (χ0n) is 13.2. The van der Waals surface area contributed by atoms with Gasteiger partial charge in [0.25, 0.3) is 0 Å². The molecule has 1 aliphatic heterocycles. The number of likely N-dealkylation sites (tertiary alicyclic amines) is 1. The summed E-state index contributed by atoms with van der Waals surface area (Å²) in [5.41, 5.74) is 5.64. The number of carbonyl (C=O) groups excluding carboxylic acids is 1. The summed E-state index contributed by atoms with van der Waals surface area (Å²) in [4.78, 5) is 13.6. The van der Waals surface area contributed by atoms with Gasteiger partial charge in [-0.3, -0.25) is 4.79 Å². The Balaban J connectivity index is 2.11. The fraction of sp³-hybridized carbons (Fsp3) is 0.533. The van der Waals surface area contributed by atoms with Crippen molar-refractivity contribution in [3.63, 3.8) is 0 Å². The maximum Gasteiger partial charge on any atom is 0.244 e. The first-order valence-electron chi connectivity index (χ1n) is 7.53. The SMILES string of the molecule is CC(NS(=O)(=O)c1ccccc1F)C(=O)N1CC(CN)CC1C. The van der Waals surface area contributed by atoms with E-state index in [2.05, 4.69) is 4.72 Å². The highest BCUT2D eigenvalue weighted by molar-refractivity contribution is 7.89. The van der Waals surface area contributed by atoms with Crippen LogP contribution < -0.4 is 10.5 Å². The zero-order chi connectivity index (χ0) is 17.2. The first-order chi connectivity index (χ1) is 10.8. The van der Waals surface area contributed by atoms with Crippen molar-refractivity contribution in [2.45, 2.75) is 37.2 Å². The van der Waals surface area contributed by atoms with E-state index in [4.69, 9.17) is 5.73 Å². The van der Waals surface area contributed by atoms with E-state index >= 15 is 0 Å². The highest BCUT2D eigenvalue weighted by atomic mass is 32.2. The van der Waals surface area contributed by atoms with E-state index in [1.54, 1.807) is 4.90 Å². The van der Waals surface area contributed by atoms with Crippen LogP contribution in [-0.4, -0.2) is 44.4 Å². The van der Waals surface area contributed by atoms with Gasteiger partial charge in [0.05, 0.1) is 6.04 Å². The molecule has 128 valence electrons.